The Kier molecular flexibility index (Phi) is 4.26. The lowest BCUT2D eigenvalue weighted by molar-refractivity contribution is 0.244. The third-order valence-electron chi connectivity index (χ3n) is 4.24. The average molecular weight is 307 g/mol. The van der Waals surface area contributed by atoms with Gasteiger partial charge in [0.15, 0.2) is 0 Å². The van der Waals surface area contributed by atoms with Crippen LogP contribution in [0.4, 0.5) is 0 Å². The van der Waals surface area contributed by atoms with Gasteiger partial charge in [-0.2, -0.15) is 0 Å². The molecule has 1 N–H and O–H groups in total. The van der Waals surface area contributed by atoms with Crippen molar-refractivity contribution in [2.45, 2.75) is 26.4 Å². The number of hydrogen-bond acceptors (Lipinski definition) is 3. The van der Waals surface area contributed by atoms with Crippen LogP contribution in [0.25, 0.3) is 10.9 Å². The Morgan fingerprint density at radius 1 is 1.13 bits per heavy atom. The molecule has 0 saturated carbocycles. The molecule has 0 aliphatic heterocycles. The first kappa shape index (κ1) is 15.4. The van der Waals surface area contributed by atoms with E-state index < -0.39 is 0 Å². The van der Waals surface area contributed by atoms with E-state index in [4.69, 9.17) is 0 Å². The largest absolute Gasteiger partial charge is 0.309 e. The van der Waals surface area contributed by atoms with Crippen LogP contribution in [0.15, 0.2) is 53.3 Å². The van der Waals surface area contributed by atoms with Crippen LogP contribution >= 0.6 is 0 Å². The second-order valence-corrected chi connectivity index (χ2v) is 6.05. The summed E-state index contributed by atoms with van der Waals surface area (Å²) in [6, 6.07) is 15.9. The van der Waals surface area contributed by atoms with Crippen LogP contribution in [-0.2, 0) is 6.54 Å². The summed E-state index contributed by atoms with van der Waals surface area (Å²) in [5.41, 5.74) is 3.15. The summed E-state index contributed by atoms with van der Waals surface area (Å²) in [4.78, 5) is 21.9. The van der Waals surface area contributed by atoms with Crippen LogP contribution in [0.1, 0.15) is 29.9 Å². The zero-order chi connectivity index (χ0) is 16.4. The van der Waals surface area contributed by atoms with Gasteiger partial charge in [0.05, 0.1) is 16.9 Å². The molecular formula is C19H21N3O. The number of nitrogens with zero attached hydrogens (tertiary/aromatic N) is 2. The van der Waals surface area contributed by atoms with E-state index in [-0.39, 0.29) is 11.6 Å². The van der Waals surface area contributed by atoms with Crippen molar-refractivity contribution in [1.82, 2.24) is 14.9 Å². The standard InChI is InChI=1S/C19H21N3O/c1-13-8-10-15(11-9-13)12-22(3)14(2)18-20-17-7-5-4-6-16(17)19(23)21-18/h4-11,14H,12H2,1-3H3,(H,20,21,23)/t14-/m1/s1. The molecule has 0 radical (unpaired) electrons. The zero-order valence-electron chi connectivity index (χ0n) is 13.7. The minimum atomic E-state index is -0.0822. The predicted molar refractivity (Wildman–Crippen MR) is 93.4 cm³/mol. The average Bonchev–Trinajstić information content (AvgIpc) is 2.56. The molecule has 1 heterocycles. The summed E-state index contributed by atoms with van der Waals surface area (Å²) in [5.74, 6) is 0.698. The smallest absolute Gasteiger partial charge is 0.258 e. The van der Waals surface area contributed by atoms with Gasteiger partial charge in [-0.25, -0.2) is 4.98 Å². The second-order valence-electron chi connectivity index (χ2n) is 6.05. The van der Waals surface area contributed by atoms with Gasteiger partial charge in [0, 0.05) is 6.54 Å². The van der Waals surface area contributed by atoms with Crippen molar-refractivity contribution in [3.63, 3.8) is 0 Å². The van der Waals surface area contributed by atoms with E-state index in [1.54, 1.807) is 6.07 Å². The number of hydrogen-bond donors (Lipinski definition) is 1. The second kappa shape index (κ2) is 6.34. The number of benzene rings is 2. The van der Waals surface area contributed by atoms with E-state index in [0.717, 1.165) is 12.1 Å². The van der Waals surface area contributed by atoms with Gasteiger partial charge in [0.1, 0.15) is 5.82 Å². The molecule has 23 heavy (non-hydrogen) atoms. The lowest BCUT2D eigenvalue weighted by Gasteiger charge is -2.24. The number of fused-ring (bicyclic) bond motifs is 1. The third kappa shape index (κ3) is 3.32. The molecule has 0 aliphatic rings. The van der Waals surface area contributed by atoms with E-state index >= 15 is 0 Å². The Balaban J connectivity index is 1.85. The van der Waals surface area contributed by atoms with Crippen LogP contribution in [0.5, 0.6) is 0 Å². The highest BCUT2D eigenvalue weighted by molar-refractivity contribution is 5.77. The highest BCUT2D eigenvalue weighted by atomic mass is 16.1. The molecular weight excluding hydrogens is 286 g/mol. The Hall–Kier alpha value is -2.46. The Morgan fingerprint density at radius 3 is 2.57 bits per heavy atom. The third-order valence-corrected chi connectivity index (χ3v) is 4.24. The Bertz CT molecular complexity index is 868. The first-order chi connectivity index (χ1) is 11.0. The minimum Gasteiger partial charge on any atom is -0.309 e. The van der Waals surface area contributed by atoms with Gasteiger partial charge in [0.2, 0.25) is 0 Å². The maximum atomic E-state index is 12.2. The van der Waals surface area contributed by atoms with Crippen LogP contribution < -0.4 is 5.56 Å². The number of aromatic nitrogens is 2. The molecule has 0 aliphatic carbocycles. The highest BCUT2D eigenvalue weighted by Crippen LogP contribution is 2.18. The number of nitrogens with one attached hydrogen (secondary N) is 1. The summed E-state index contributed by atoms with van der Waals surface area (Å²) in [6.07, 6.45) is 0. The summed E-state index contributed by atoms with van der Waals surface area (Å²) in [5, 5.41) is 0.629. The van der Waals surface area contributed by atoms with E-state index in [1.165, 1.54) is 11.1 Å². The van der Waals surface area contributed by atoms with Crippen LogP contribution in [0.3, 0.4) is 0 Å². The lowest BCUT2D eigenvalue weighted by Crippen LogP contribution is -2.26. The molecule has 2 aromatic carbocycles. The van der Waals surface area contributed by atoms with Crippen molar-refractivity contribution >= 4 is 10.9 Å². The fourth-order valence-corrected chi connectivity index (χ4v) is 2.63. The van der Waals surface area contributed by atoms with Crippen LogP contribution in [-0.4, -0.2) is 21.9 Å². The maximum Gasteiger partial charge on any atom is 0.258 e. The number of para-hydroxylation sites is 1. The van der Waals surface area contributed by atoms with Crippen molar-refractivity contribution in [3.8, 4) is 0 Å². The number of rotatable bonds is 4. The normalized spacial score (nSPS) is 12.7. The highest BCUT2D eigenvalue weighted by Gasteiger charge is 2.15. The van der Waals surface area contributed by atoms with E-state index in [0.29, 0.717) is 11.2 Å². The van der Waals surface area contributed by atoms with Gasteiger partial charge in [-0.05, 0) is 38.6 Å². The monoisotopic (exact) mass is 307 g/mol. The Morgan fingerprint density at radius 2 is 1.83 bits per heavy atom. The molecule has 0 bridgehead atoms. The maximum absolute atomic E-state index is 12.2. The molecule has 4 nitrogen and oxygen atoms in total. The molecule has 0 saturated heterocycles. The first-order valence-corrected chi connectivity index (χ1v) is 7.79. The van der Waals surface area contributed by atoms with Crippen molar-refractivity contribution in [2.24, 2.45) is 0 Å². The first-order valence-electron chi connectivity index (χ1n) is 7.79. The fraction of sp³-hybridized carbons (Fsp3) is 0.263. The zero-order valence-corrected chi connectivity index (χ0v) is 13.7. The summed E-state index contributed by atoms with van der Waals surface area (Å²) in [6.45, 7) is 4.94. The van der Waals surface area contributed by atoms with Crippen molar-refractivity contribution in [2.75, 3.05) is 7.05 Å². The molecule has 1 aromatic heterocycles. The van der Waals surface area contributed by atoms with Crippen LogP contribution in [0.2, 0.25) is 0 Å². The molecule has 118 valence electrons. The van der Waals surface area contributed by atoms with E-state index in [1.807, 2.05) is 25.2 Å². The van der Waals surface area contributed by atoms with Crippen molar-refractivity contribution < 1.29 is 0 Å². The molecule has 0 spiro atoms. The summed E-state index contributed by atoms with van der Waals surface area (Å²) >= 11 is 0. The number of H-pyrrole nitrogens is 1. The van der Waals surface area contributed by atoms with Crippen LogP contribution in [0, 0.1) is 6.92 Å². The van der Waals surface area contributed by atoms with E-state index in [9.17, 15) is 4.79 Å². The summed E-state index contributed by atoms with van der Waals surface area (Å²) in [7, 11) is 2.04. The lowest BCUT2D eigenvalue weighted by atomic mass is 10.1. The molecule has 0 amide bonds. The van der Waals surface area contributed by atoms with Gasteiger partial charge in [0.25, 0.3) is 5.56 Å². The quantitative estimate of drug-likeness (QED) is 0.803. The summed E-state index contributed by atoms with van der Waals surface area (Å²) < 4.78 is 0. The SMILES string of the molecule is Cc1ccc(CN(C)[C@H](C)c2nc3ccccc3c(=O)[nH]2)cc1. The van der Waals surface area contributed by atoms with Gasteiger partial charge < -0.3 is 4.98 Å². The molecule has 0 unspecified atom stereocenters. The topological polar surface area (TPSA) is 49.0 Å². The van der Waals surface area contributed by atoms with E-state index in [2.05, 4.69) is 53.0 Å². The van der Waals surface area contributed by atoms with Gasteiger partial charge in [-0.1, -0.05) is 42.0 Å². The molecule has 3 aromatic rings. The molecule has 4 heteroatoms. The molecule has 3 rings (SSSR count). The van der Waals surface area contributed by atoms with Gasteiger partial charge in [-0.3, -0.25) is 9.69 Å². The van der Waals surface area contributed by atoms with Crippen molar-refractivity contribution in [3.05, 3.63) is 75.8 Å². The van der Waals surface area contributed by atoms with Gasteiger partial charge >= 0.3 is 0 Å². The van der Waals surface area contributed by atoms with Crippen molar-refractivity contribution in [1.29, 1.82) is 0 Å². The Labute approximate surface area is 135 Å². The fourth-order valence-electron chi connectivity index (χ4n) is 2.63. The number of aryl methyl sites for hydroxylation is 1. The number of aromatic amines is 1. The predicted octanol–water partition coefficient (Wildman–Crippen LogP) is 3.42. The minimum absolute atomic E-state index is 0.0219. The van der Waals surface area contributed by atoms with Gasteiger partial charge in [-0.15, -0.1) is 0 Å². The molecule has 0 fully saturated rings. The molecule has 1 atom stereocenters.